The molecule has 8 nitrogen and oxygen atoms in total. The Morgan fingerprint density at radius 1 is 1.32 bits per heavy atom. The van der Waals surface area contributed by atoms with Gasteiger partial charge in [-0.15, -0.1) is 0 Å². The Morgan fingerprint density at radius 2 is 2.08 bits per heavy atom. The third-order valence-electron chi connectivity index (χ3n) is 3.69. The zero-order valence-electron chi connectivity index (χ0n) is 13.2. The second-order valence-electron chi connectivity index (χ2n) is 5.60. The van der Waals surface area contributed by atoms with Gasteiger partial charge in [0.1, 0.15) is 11.6 Å². The van der Waals surface area contributed by atoms with Crippen LogP contribution in [0.15, 0.2) is 30.6 Å². The number of aromatic carboxylic acids is 1. The lowest BCUT2D eigenvalue weighted by molar-refractivity contribution is 0.0696. The van der Waals surface area contributed by atoms with E-state index in [2.05, 4.69) is 10.1 Å². The monoisotopic (exact) mass is 335 g/mol. The maximum absolute atomic E-state index is 11.7. The first kappa shape index (κ1) is 16.1. The first-order valence-electron chi connectivity index (χ1n) is 7.29. The van der Waals surface area contributed by atoms with E-state index >= 15 is 0 Å². The molecular weight excluding hydrogens is 322 g/mol. The molecule has 2 heterocycles. The van der Waals surface area contributed by atoms with Crippen LogP contribution in [0.2, 0.25) is 0 Å². The summed E-state index contributed by atoms with van der Waals surface area (Å²) < 4.78 is 1.34. The van der Waals surface area contributed by atoms with Gasteiger partial charge >= 0.3 is 5.97 Å². The SMILES string of the molecule is Cc1cnc2c(C(N)=O)cc(Cn3cc(C(=O)O)c(C#N)n3)cc2c1. The van der Waals surface area contributed by atoms with E-state index in [0.29, 0.717) is 11.1 Å². The Hall–Kier alpha value is -3.73. The molecule has 1 aromatic carbocycles. The molecule has 3 N–H and O–H groups in total. The quantitative estimate of drug-likeness (QED) is 0.741. The van der Waals surface area contributed by atoms with E-state index < -0.39 is 11.9 Å². The summed E-state index contributed by atoms with van der Waals surface area (Å²) in [4.78, 5) is 27.1. The first-order chi connectivity index (χ1) is 11.9. The molecule has 3 rings (SSSR count). The van der Waals surface area contributed by atoms with Gasteiger partial charge in [-0.25, -0.2) is 4.79 Å². The highest BCUT2D eigenvalue weighted by atomic mass is 16.4. The molecule has 0 radical (unpaired) electrons. The van der Waals surface area contributed by atoms with Crippen molar-refractivity contribution in [1.82, 2.24) is 14.8 Å². The van der Waals surface area contributed by atoms with Crippen LogP contribution < -0.4 is 5.73 Å². The lowest BCUT2D eigenvalue weighted by Crippen LogP contribution is -2.13. The number of amides is 1. The molecule has 0 atom stereocenters. The Bertz CT molecular complexity index is 1060. The summed E-state index contributed by atoms with van der Waals surface area (Å²) in [5.74, 6) is -1.83. The number of benzene rings is 1. The average molecular weight is 335 g/mol. The summed E-state index contributed by atoms with van der Waals surface area (Å²) in [6.07, 6.45) is 2.93. The molecule has 0 saturated heterocycles. The van der Waals surface area contributed by atoms with Gasteiger partial charge in [0.25, 0.3) is 5.91 Å². The van der Waals surface area contributed by atoms with Crippen molar-refractivity contribution in [2.75, 3.05) is 0 Å². The van der Waals surface area contributed by atoms with Crippen LogP contribution >= 0.6 is 0 Å². The zero-order chi connectivity index (χ0) is 18.1. The van der Waals surface area contributed by atoms with E-state index in [9.17, 15) is 9.59 Å². The Morgan fingerprint density at radius 3 is 2.68 bits per heavy atom. The minimum Gasteiger partial charge on any atom is -0.478 e. The third kappa shape index (κ3) is 3.03. The largest absolute Gasteiger partial charge is 0.478 e. The van der Waals surface area contributed by atoms with Crippen LogP contribution in [0.3, 0.4) is 0 Å². The molecule has 8 heteroatoms. The van der Waals surface area contributed by atoms with Crippen molar-refractivity contribution in [3.63, 3.8) is 0 Å². The number of carbonyl (C=O) groups excluding carboxylic acids is 1. The van der Waals surface area contributed by atoms with Crippen LogP contribution in [-0.4, -0.2) is 31.7 Å². The molecule has 1 amide bonds. The van der Waals surface area contributed by atoms with Crippen molar-refractivity contribution in [2.45, 2.75) is 13.5 Å². The first-order valence-corrected chi connectivity index (χ1v) is 7.29. The summed E-state index contributed by atoms with van der Waals surface area (Å²) in [6.45, 7) is 2.07. The van der Waals surface area contributed by atoms with Crippen LogP contribution in [0, 0.1) is 18.3 Å². The fourth-order valence-electron chi connectivity index (χ4n) is 2.63. The van der Waals surface area contributed by atoms with Gasteiger partial charge in [-0.05, 0) is 36.2 Å². The number of fused-ring (bicyclic) bond motifs is 1. The Labute approximate surface area is 142 Å². The molecule has 0 aliphatic heterocycles. The number of nitrogens with zero attached hydrogens (tertiary/aromatic N) is 4. The average Bonchev–Trinajstić information content (AvgIpc) is 2.96. The summed E-state index contributed by atoms with van der Waals surface area (Å²) in [5, 5.41) is 22.8. The van der Waals surface area contributed by atoms with Crippen molar-refractivity contribution < 1.29 is 14.7 Å². The van der Waals surface area contributed by atoms with Crippen LogP contribution in [0.25, 0.3) is 10.9 Å². The number of pyridine rings is 1. The highest BCUT2D eigenvalue weighted by molar-refractivity contribution is 6.05. The molecule has 124 valence electrons. The maximum Gasteiger partial charge on any atom is 0.340 e. The topological polar surface area (TPSA) is 135 Å². The maximum atomic E-state index is 11.7. The standard InChI is InChI=1S/C17H13N5O3/c1-9-2-11-3-10(4-12(16(19)23)15(11)20-6-9)7-22-8-13(17(24)25)14(5-18)21-22/h2-4,6,8H,7H2,1H3,(H2,19,23)(H,24,25). The fraction of sp³-hybridized carbons (Fsp3) is 0.118. The number of hydrogen-bond acceptors (Lipinski definition) is 5. The van der Waals surface area contributed by atoms with Gasteiger partial charge in [0.2, 0.25) is 0 Å². The highest BCUT2D eigenvalue weighted by Crippen LogP contribution is 2.21. The number of aromatic nitrogens is 3. The van der Waals surface area contributed by atoms with E-state index in [4.69, 9.17) is 16.1 Å². The highest BCUT2D eigenvalue weighted by Gasteiger charge is 2.16. The number of nitriles is 1. The second-order valence-corrected chi connectivity index (χ2v) is 5.60. The second kappa shape index (κ2) is 6.05. The van der Waals surface area contributed by atoms with Gasteiger partial charge in [0.15, 0.2) is 5.69 Å². The van der Waals surface area contributed by atoms with Gasteiger partial charge in [-0.2, -0.15) is 10.4 Å². The molecule has 25 heavy (non-hydrogen) atoms. The van der Waals surface area contributed by atoms with E-state index in [-0.39, 0.29) is 23.4 Å². The van der Waals surface area contributed by atoms with Crippen LogP contribution in [-0.2, 0) is 6.54 Å². The summed E-state index contributed by atoms with van der Waals surface area (Å²) >= 11 is 0. The van der Waals surface area contributed by atoms with Crippen LogP contribution in [0.1, 0.15) is 37.5 Å². The number of carboxylic acid groups (broad SMARTS) is 1. The third-order valence-corrected chi connectivity index (χ3v) is 3.69. The van der Waals surface area contributed by atoms with Crippen LogP contribution in [0.5, 0.6) is 0 Å². The smallest absolute Gasteiger partial charge is 0.340 e. The normalized spacial score (nSPS) is 10.6. The molecule has 3 aromatic rings. The van der Waals surface area contributed by atoms with Gasteiger partial charge in [-0.3, -0.25) is 14.5 Å². The number of carbonyl (C=O) groups is 2. The fourth-order valence-corrected chi connectivity index (χ4v) is 2.63. The Balaban J connectivity index is 2.09. The minimum absolute atomic E-state index is 0.166. The zero-order valence-corrected chi connectivity index (χ0v) is 13.2. The van der Waals surface area contributed by atoms with Crippen molar-refractivity contribution in [3.8, 4) is 6.07 Å². The molecule has 0 unspecified atom stereocenters. The summed E-state index contributed by atoms with van der Waals surface area (Å²) in [7, 11) is 0. The lowest BCUT2D eigenvalue weighted by Gasteiger charge is -2.08. The number of primary amides is 1. The molecule has 0 spiro atoms. The van der Waals surface area contributed by atoms with E-state index in [1.165, 1.54) is 10.9 Å². The summed E-state index contributed by atoms with van der Waals surface area (Å²) in [5.41, 5.74) is 7.52. The van der Waals surface area contributed by atoms with E-state index in [0.717, 1.165) is 10.9 Å². The molecule has 0 fully saturated rings. The summed E-state index contributed by atoms with van der Waals surface area (Å²) in [6, 6.07) is 7.06. The van der Waals surface area contributed by atoms with Crippen molar-refractivity contribution in [3.05, 3.63) is 58.5 Å². The molecular formula is C17H13N5O3. The number of aryl methyl sites for hydroxylation is 1. The predicted octanol–water partition coefficient (Wildman–Crippen LogP) is 1.46. The number of hydrogen-bond donors (Lipinski definition) is 2. The van der Waals surface area contributed by atoms with Gasteiger partial charge in [0.05, 0.1) is 17.6 Å². The lowest BCUT2D eigenvalue weighted by atomic mass is 10.0. The minimum atomic E-state index is -1.22. The van der Waals surface area contributed by atoms with Crippen molar-refractivity contribution >= 4 is 22.8 Å². The van der Waals surface area contributed by atoms with E-state index in [1.54, 1.807) is 18.3 Å². The van der Waals surface area contributed by atoms with Gasteiger partial charge in [-0.1, -0.05) is 0 Å². The molecule has 0 aliphatic carbocycles. The molecule has 0 saturated carbocycles. The van der Waals surface area contributed by atoms with Gasteiger partial charge in [0, 0.05) is 17.8 Å². The van der Waals surface area contributed by atoms with Crippen molar-refractivity contribution in [1.29, 1.82) is 5.26 Å². The van der Waals surface area contributed by atoms with Gasteiger partial charge < -0.3 is 10.8 Å². The molecule has 0 aliphatic rings. The number of nitrogens with two attached hydrogens (primary N) is 1. The van der Waals surface area contributed by atoms with Crippen LogP contribution in [0.4, 0.5) is 0 Å². The number of rotatable bonds is 4. The Kier molecular flexibility index (Phi) is 3.91. The molecule has 0 bridgehead atoms. The predicted molar refractivity (Wildman–Crippen MR) is 88.0 cm³/mol. The van der Waals surface area contributed by atoms with Crippen molar-refractivity contribution in [2.24, 2.45) is 5.73 Å². The van der Waals surface area contributed by atoms with E-state index in [1.807, 2.05) is 19.1 Å². The molecule has 2 aromatic heterocycles. The number of carboxylic acids is 1.